The minimum absolute atomic E-state index is 0.574. The molecular weight excluding hydrogens is 265 g/mol. The van der Waals surface area contributed by atoms with Gasteiger partial charge < -0.3 is 5.32 Å². The molecule has 0 radical (unpaired) electrons. The minimum atomic E-state index is 0.574. The number of hydrogen-bond donors (Lipinski definition) is 1. The van der Waals surface area contributed by atoms with E-state index in [9.17, 15) is 0 Å². The summed E-state index contributed by atoms with van der Waals surface area (Å²) in [4.78, 5) is 0. The maximum atomic E-state index is 5.98. The lowest BCUT2D eigenvalue weighted by molar-refractivity contribution is 1.04. The van der Waals surface area contributed by atoms with Gasteiger partial charge in [0.05, 0.1) is 10.0 Å². The number of anilines is 1. The maximum absolute atomic E-state index is 5.98. The molecule has 0 unspecified atom stereocenters. The molecule has 0 saturated heterocycles. The molecule has 0 heterocycles. The molecule has 0 bridgehead atoms. The average molecular weight is 280 g/mol. The van der Waals surface area contributed by atoms with Crippen molar-refractivity contribution in [2.45, 2.75) is 19.9 Å². The summed E-state index contributed by atoms with van der Waals surface area (Å²) in [6.45, 7) is 2.96. The van der Waals surface area contributed by atoms with Crippen molar-refractivity contribution in [1.82, 2.24) is 0 Å². The van der Waals surface area contributed by atoms with Crippen LogP contribution in [-0.4, -0.2) is 0 Å². The third-order valence-electron chi connectivity index (χ3n) is 2.90. The highest BCUT2D eigenvalue weighted by Gasteiger charge is 2.01. The van der Waals surface area contributed by atoms with Crippen molar-refractivity contribution < 1.29 is 0 Å². The molecule has 0 aromatic heterocycles. The summed E-state index contributed by atoms with van der Waals surface area (Å²) in [5.41, 5.74) is 3.66. The highest BCUT2D eigenvalue weighted by Crippen LogP contribution is 2.25. The summed E-state index contributed by atoms with van der Waals surface area (Å²) >= 11 is 11.9. The second-order valence-corrected chi connectivity index (χ2v) is 4.92. The Morgan fingerprint density at radius 3 is 2.33 bits per heavy atom. The predicted octanol–water partition coefficient (Wildman–Crippen LogP) is 5.17. The normalized spacial score (nSPS) is 10.4. The Kier molecular flexibility index (Phi) is 4.51. The van der Waals surface area contributed by atoms with Crippen LogP contribution < -0.4 is 5.32 Å². The molecule has 0 aliphatic heterocycles. The van der Waals surface area contributed by atoms with Gasteiger partial charge in [0.25, 0.3) is 0 Å². The summed E-state index contributed by atoms with van der Waals surface area (Å²) in [7, 11) is 0. The van der Waals surface area contributed by atoms with Crippen molar-refractivity contribution >= 4 is 28.9 Å². The van der Waals surface area contributed by atoms with Crippen LogP contribution in [0, 0.1) is 0 Å². The maximum Gasteiger partial charge on any atom is 0.0612 e. The molecule has 0 aliphatic rings. The first-order valence-electron chi connectivity index (χ1n) is 5.96. The van der Waals surface area contributed by atoms with Gasteiger partial charge in [-0.3, -0.25) is 0 Å². The second-order valence-electron chi connectivity index (χ2n) is 4.10. The van der Waals surface area contributed by atoms with Crippen molar-refractivity contribution in [2.24, 2.45) is 0 Å². The summed E-state index contributed by atoms with van der Waals surface area (Å²) in [6, 6.07) is 14.0. The standard InChI is InChI=1S/C15H15Cl2N/c1-2-11-5-3-4-6-12(11)10-18-13-7-8-14(16)15(17)9-13/h3-9,18H,2,10H2,1H3. The van der Waals surface area contributed by atoms with Gasteiger partial charge in [0.2, 0.25) is 0 Å². The molecule has 0 fully saturated rings. The van der Waals surface area contributed by atoms with E-state index < -0.39 is 0 Å². The van der Waals surface area contributed by atoms with Gasteiger partial charge in [-0.2, -0.15) is 0 Å². The van der Waals surface area contributed by atoms with Gasteiger partial charge in [-0.1, -0.05) is 54.4 Å². The number of nitrogens with one attached hydrogen (secondary N) is 1. The molecule has 2 aromatic rings. The van der Waals surface area contributed by atoms with Crippen LogP contribution in [-0.2, 0) is 13.0 Å². The molecule has 0 amide bonds. The van der Waals surface area contributed by atoms with Crippen LogP contribution in [0.2, 0.25) is 10.0 Å². The topological polar surface area (TPSA) is 12.0 Å². The monoisotopic (exact) mass is 279 g/mol. The molecule has 0 spiro atoms. The second kappa shape index (κ2) is 6.12. The van der Waals surface area contributed by atoms with Gasteiger partial charge in [0, 0.05) is 12.2 Å². The zero-order valence-electron chi connectivity index (χ0n) is 10.2. The van der Waals surface area contributed by atoms with Gasteiger partial charge in [-0.05, 0) is 35.7 Å². The van der Waals surface area contributed by atoms with Gasteiger partial charge in [-0.15, -0.1) is 0 Å². The van der Waals surface area contributed by atoms with Crippen LogP contribution in [0.3, 0.4) is 0 Å². The van der Waals surface area contributed by atoms with Crippen LogP contribution in [0.25, 0.3) is 0 Å². The van der Waals surface area contributed by atoms with E-state index in [1.807, 2.05) is 12.1 Å². The van der Waals surface area contributed by atoms with Crippen molar-refractivity contribution in [3.8, 4) is 0 Å². The summed E-state index contributed by atoms with van der Waals surface area (Å²) < 4.78 is 0. The van der Waals surface area contributed by atoms with Gasteiger partial charge in [0.15, 0.2) is 0 Å². The highest BCUT2D eigenvalue weighted by molar-refractivity contribution is 6.42. The Morgan fingerprint density at radius 1 is 0.944 bits per heavy atom. The molecule has 1 N–H and O–H groups in total. The fourth-order valence-electron chi connectivity index (χ4n) is 1.88. The molecule has 2 aromatic carbocycles. The highest BCUT2D eigenvalue weighted by atomic mass is 35.5. The minimum Gasteiger partial charge on any atom is -0.381 e. The molecule has 2 rings (SSSR count). The third-order valence-corrected chi connectivity index (χ3v) is 3.64. The van der Waals surface area contributed by atoms with Crippen LogP contribution in [0.1, 0.15) is 18.1 Å². The average Bonchev–Trinajstić information content (AvgIpc) is 2.40. The zero-order chi connectivity index (χ0) is 13.0. The Balaban J connectivity index is 2.09. The van der Waals surface area contributed by atoms with Crippen LogP contribution in [0.15, 0.2) is 42.5 Å². The predicted molar refractivity (Wildman–Crippen MR) is 79.6 cm³/mol. The first-order valence-corrected chi connectivity index (χ1v) is 6.72. The molecule has 18 heavy (non-hydrogen) atoms. The zero-order valence-corrected chi connectivity index (χ0v) is 11.7. The van der Waals surface area contributed by atoms with E-state index in [1.165, 1.54) is 11.1 Å². The summed E-state index contributed by atoms with van der Waals surface area (Å²) in [5, 5.41) is 4.51. The number of hydrogen-bond acceptors (Lipinski definition) is 1. The molecule has 0 aliphatic carbocycles. The van der Waals surface area contributed by atoms with Gasteiger partial charge in [0.1, 0.15) is 0 Å². The summed E-state index contributed by atoms with van der Waals surface area (Å²) in [6.07, 6.45) is 1.04. The molecule has 94 valence electrons. The van der Waals surface area contributed by atoms with E-state index in [2.05, 4.69) is 36.5 Å². The summed E-state index contributed by atoms with van der Waals surface area (Å²) in [5.74, 6) is 0. The smallest absolute Gasteiger partial charge is 0.0612 e. The van der Waals surface area contributed by atoms with Crippen LogP contribution in [0.5, 0.6) is 0 Å². The lowest BCUT2D eigenvalue weighted by Crippen LogP contribution is -2.02. The first-order chi connectivity index (χ1) is 8.70. The number of halogens is 2. The third kappa shape index (κ3) is 3.18. The molecular formula is C15H15Cl2N. The fourth-order valence-corrected chi connectivity index (χ4v) is 2.18. The first kappa shape index (κ1) is 13.3. The van der Waals surface area contributed by atoms with E-state index in [1.54, 1.807) is 6.07 Å². The van der Waals surface area contributed by atoms with Gasteiger partial charge in [-0.25, -0.2) is 0 Å². The fraction of sp³-hybridized carbons (Fsp3) is 0.200. The van der Waals surface area contributed by atoms with Crippen molar-refractivity contribution in [2.75, 3.05) is 5.32 Å². The molecule has 1 nitrogen and oxygen atoms in total. The van der Waals surface area contributed by atoms with E-state index in [0.29, 0.717) is 10.0 Å². The Labute approximate surface area is 118 Å². The Hall–Kier alpha value is -1.18. The number of aryl methyl sites for hydroxylation is 1. The molecule has 0 atom stereocenters. The van der Waals surface area contributed by atoms with E-state index in [0.717, 1.165) is 18.7 Å². The van der Waals surface area contributed by atoms with E-state index >= 15 is 0 Å². The van der Waals surface area contributed by atoms with Crippen molar-refractivity contribution in [3.63, 3.8) is 0 Å². The lowest BCUT2D eigenvalue weighted by atomic mass is 10.1. The van der Waals surface area contributed by atoms with E-state index in [4.69, 9.17) is 23.2 Å². The van der Waals surface area contributed by atoms with E-state index in [-0.39, 0.29) is 0 Å². The Bertz CT molecular complexity index is 538. The number of benzene rings is 2. The molecule has 3 heteroatoms. The Morgan fingerprint density at radius 2 is 1.67 bits per heavy atom. The lowest BCUT2D eigenvalue weighted by Gasteiger charge is -2.10. The van der Waals surface area contributed by atoms with Crippen LogP contribution >= 0.6 is 23.2 Å². The largest absolute Gasteiger partial charge is 0.381 e. The number of rotatable bonds is 4. The quantitative estimate of drug-likeness (QED) is 0.814. The van der Waals surface area contributed by atoms with Crippen molar-refractivity contribution in [1.29, 1.82) is 0 Å². The van der Waals surface area contributed by atoms with Crippen molar-refractivity contribution in [3.05, 3.63) is 63.6 Å². The van der Waals surface area contributed by atoms with Crippen LogP contribution in [0.4, 0.5) is 5.69 Å². The SMILES string of the molecule is CCc1ccccc1CNc1ccc(Cl)c(Cl)c1. The van der Waals surface area contributed by atoms with Gasteiger partial charge >= 0.3 is 0 Å². The molecule has 0 saturated carbocycles.